The Bertz CT molecular complexity index is 1550. The smallest absolute Gasteiger partial charge is 0.244 e. The van der Waals surface area contributed by atoms with Crippen molar-refractivity contribution in [1.82, 2.24) is 19.9 Å². The van der Waals surface area contributed by atoms with Crippen LogP contribution >= 0.6 is 0 Å². The third kappa shape index (κ3) is 6.12. The topological polar surface area (TPSA) is 108 Å². The fraction of sp³-hybridized carbons (Fsp3) is 0.0690. The minimum Gasteiger partial charge on any atom is -0.508 e. The molecule has 0 atom stereocenters. The van der Waals surface area contributed by atoms with Crippen molar-refractivity contribution in [3.63, 3.8) is 0 Å². The van der Waals surface area contributed by atoms with Crippen molar-refractivity contribution in [2.45, 2.75) is 13.8 Å². The van der Waals surface area contributed by atoms with E-state index >= 15 is 0 Å². The molecule has 0 saturated carbocycles. The second-order valence-electron chi connectivity index (χ2n) is 8.56. The van der Waals surface area contributed by atoms with Gasteiger partial charge in [0, 0.05) is 29.3 Å². The molecule has 0 spiro atoms. The van der Waals surface area contributed by atoms with Gasteiger partial charge in [0.05, 0.1) is 29.5 Å². The third-order valence-corrected chi connectivity index (χ3v) is 5.53. The second kappa shape index (κ2) is 10.7. The first-order valence-corrected chi connectivity index (χ1v) is 11.7. The van der Waals surface area contributed by atoms with Gasteiger partial charge in [-0.3, -0.25) is 9.97 Å². The highest BCUT2D eigenvalue weighted by molar-refractivity contribution is 5.78. The zero-order chi connectivity index (χ0) is 25.6. The van der Waals surface area contributed by atoms with Crippen molar-refractivity contribution in [2.75, 3.05) is 10.7 Å². The molecule has 2 aromatic carbocycles. The van der Waals surface area contributed by atoms with E-state index < -0.39 is 0 Å². The Balaban J connectivity index is 1.21. The van der Waals surface area contributed by atoms with Crippen molar-refractivity contribution in [3.05, 3.63) is 108 Å². The molecule has 0 aliphatic heterocycles. The van der Waals surface area contributed by atoms with E-state index in [0.29, 0.717) is 11.6 Å². The summed E-state index contributed by atoms with van der Waals surface area (Å²) in [4.78, 5) is 17.6. The summed E-state index contributed by atoms with van der Waals surface area (Å²) >= 11 is 0. The number of aryl methyl sites for hydroxylation is 2. The van der Waals surface area contributed by atoms with E-state index in [1.807, 2.05) is 80.7 Å². The van der Waals surface area contributed by atoms with Gasteiger partial charge in [0.25, 0.3) is 0 Å². The summed E-state index contributed by atoms with van der Waals surface area (Å²) in [7, 11) is 0. The van der Waals surface area contributed by atoms with Crippen molar-refractivity contribution in [2.24, 2.45) is 5.10 Å². The maximum Gasteiger partial charge on any atom is 0.244 e. The normalized spacial score (nSPS) is 11.0. The number of nitrogens with one attached hydrogen (secondary N) is 2. The molecular formula is C29H25N7O. The number of anilines is 3. The molecule has 3 aromatic heterocycles. The van der Waals surface area contributed by atoms with E-state index in [4.69, 9.17) is 0 Å². The lowest BCUT2D eigenvalue weighted by molar-refractivity contribution is 0.475. The predicted octanol–water partition coefficient (Wildman–Crippen LogP) is 6.11. The Labute approximate surface area is 214 Å². The summed E-state index contributed by atoms with van der Waals surface area (Å²) in [5.74, 6) is 0.653. The Kier molecular flexibility index (Phi) is 6.80. The number of hydrogen-bond acceptors (Lipinski definition) is 8. The monoisotopic (exact) mass is 487 g/mol. The van der Waals surface area contributed by atoms with Gasteiger partial charge in [0.15, 0.2) is 0 Å². The standard InChI is InChI=1S/C29H25N7O/c1-19-12-23(16-30-15-19)28-13-20(2)33-29(35-28)36-32-18-25-10-11-26(17-31-25)34-24-8-6-21(7-9-24)22-4-3-5-27(37)14-22/h3-18,34,37H,1-2H3,(H,33,35,36)/b32-18+. The van der Waals surface area contributed by atoms with Gasteiger partial charge in [-0.15, -0.1) is 0 Å². The van der Waals surface area contributed by atoms with Gasteiger partial charge in [-0.2, -0.15) is 5.10 Å². The first-order valence-electron chi connectivity index (χ1n) is 11.7. The maximum absolute atomic E-state index is 9.69. The van der Waals surface area contributed by atoms with E-state index in [0.717, 1.165) is 45.0 Å². The lowest BCUT2D eigenvalue weighted by Gasteiger charge is -2.08. The van der Waals surface area contributed by atoms with E-state index in [-0.39, 0.29) is 5.75 Å². The van der Waals surface area contributed by atoms with Crippen LogP contribution in [0.25, 0.3) is 22.4 Å². The molecule has 3 N–H and O–H groups in total. The fourth-order valence-electron chi connectivity index (χ4n) is 3.77. The summed E-state index contributed by atoms with van der Waals surface area (Å²) in [6, 6.07) is 22.9. The number of nitrogens with zero attached hydrogens (tertiary/aromatic N) is 5. The lowest BCUT2D eigenvalue weighted by Crippen LogP contribution is -2.01. The van der Waals surface area contributed by atoms with Crippen LogP contribution in [0.3, 0.4) is 0 Å². The van der Waals surface area contributed by atoms with E-state index in [1.165, 1.54) is 0 Å². The number of hydrazone groups is 1. The molecule has 0 aliphatic carbocycles. The van der Waals surface area contributed by atoms with Gasteiger partial charge in [-0.1, -0.05) is 24.3 Å². The van der Waals surface area contributed by atoms with Crippen LogP contribution in [0.15, 0.2) is 96.5 Å². The molecule has 0 unspecified atom stereocenters. The Hall–Kier alpha value is -5.11. The molecule has 8 heteroatoms. The predicted molar refractivity (Wildman–Crippen MR) is 147 cm³/mol. The Morgan fingerprint density at radius 3 is 2.38 bits per heavy atom. The summed E-state index contributed by atoms with van der Waals surface area (Å²) in [5.41, 5.74) is 11.0. The van der Waals surface area contributed by atoms with Crippen LogP contribution in [0.2, 0.25) is 0 Å². The van der Waals surface area contributed by atoms with Gasteiger partial charge >= 0.3 is 0 Å². The molecular weight excluding hydrogens is 462 g/mol. The molecule has 0 saturated heterocycles. The van der Waals surface area contributed by atoms with Gasteiger partial charge in [0.1, 0.15) is 5.75 Å². The van der Waals surface area contributed by atoms with Gasteiger partial charge in [-0.05, 0) is 79.1 Å². The molecule has 0 aliphatic rings. The van der Waals surface area contributed by atoms with Crippen molar-refractivity contribution >= 4 is 23.5 Å². The second-order valence-corrected chi connectivity index (χ2v) is 8.56. The quantitative estimate of drug-likeness (QED) is 0.188. The molecule has 5 aromatic rings. The maximum atomic E-state index is 9.69. The number of aromatic nitrogens is 4. The molecule has 0 bridgehead atoms. The number of phenolic OH excluding ortho intramolecular Hbond substituents is 1. The Morgan fingerprint density at radius 2 is 1.62 bits per heavy atom. The van der Waals surface area contributed by atoms with Crippen LogP contribution in [0.1, 0.15) is 17.0 Å². The van der Waals surface area contributed by atoms with Crippen molar-refractivity contribution in [3.8, 4) is 28.1 Å². The van der Waals surface area contributed by atoms with E-state index in [2.05, 4.69) is 35.8 Å². The average Bonchev–Trinajstić information content (AvgIpc) is 2.90. The van der Waals surface area contributed by atoms with E-state index in [9.17, 15) is 5.11 Å². The highest BCUT2D eigenvalue weighted by Gasteiger charge is 2.05. The van der Waals surface area contributed by atoms with Crippen LogP contribution in [-0.2, 0) is 0 Å². The minimum atomic E-state index is 0.251. The van der Waals surface area contributed by atoms with Crippen LogP contribution in [0.5, 0.6) is 5.75 Å². The minimum absolute atomic E-state index is 0.251. The molecule has 3 heterocycles. The largest absolute Gasteiger partial charge is 0.508 e. The number of aromatic hydroxyl groups is 1. The molecule has 0 radical (unpaired) electrons. The van der Waals surface area contributed by atoms with Crippen LogP contribution in [-0.4, -0.2) is 31.3 Å². The summed E-state index contributed by atoms with van der Waals surface area (Å²) in [6.45, 7) is 3.91. The summed E-state index contributed by atoms with van der Waals surface area (Å²) in [6.07, 6.45) is 6.96. The molecule has 0 amide bonds. The van der Waals surface area contributed by atoms with Gasteiger partial charge < -0.3 is 10.4 Å². The number of phenols is 1. The zero-order valence-corrected chi connectivity index (χ0v) is 20.4. The number of benzene rings is 2. The molecule has 5 rings (SSSR count). The summed E-state index contributed by atoms with van der Waals surface area (Å²) in [5, 5.41) is 17.3. The van der Waals surface area contributed by atoms with Crippen LogP contribution in [0, 0.1) is 13.8 Å². The van der Waals surface area contributed by atoms with E-state index in [1.54, 1.807) is 30.7 Å². The van der Waals surface area contributed by atoms with Crippen LogP contribution < -0.4 is 10.7 Å². The molecule has 0 fully saturated rings. The average molecular weight is 488 g/mol. The third-order valence-electron chi connectivity index (χ3n) is 5.53. The molecule has 182 valence electrons. The summed E-state index contributed by atoms with van der Waals surface area (Å²) < 4.78 is 0. The number of pyridine rings is 2. The highest BCUT2D eigenvalue weighted by Crippen LogP contribution is 2.25. The number of rotatable bonds is 7. The Morgan fingerprint density at radius 1 is 0.784 bits per heavy atom. The first-order chi connectivity index (χ1) is 18.0. The van der Waals surface area contributed by atoms with Crippen LogP contribution in [0.4, 0.5) is 17.3 Å². The number of hydrogen-bond donors (Lipinski definition) is 3. The van der Waals surface area contributed by atoms with Crippen molar-refractivity contribution in [1.29, 1.82) is 0 Å². The molecule has 37 heavy (non-hydrogen) atoms. The first kappa shape index (κ1) is 23.6. The lowest BCUT2D eigenvalue weighted by atomic mass is 10.1. The van der Waals surface area contributed by atoms with Gasteiger partial charge in [-0.25, -0.2) is 15.4 Å². The fourth-order valence-corrected chi connectivity index (χ4v) is 3.77. The SMILES string of the molecule is Cc1cncc(-c2cc(C)nc(N/N=C/c3ccc(Nc4ccc(-c5cccc(O)c5)cc4)cn3)n2)c1. The highest BCUT2D eigenvalue weighted by atomic mass is 16.3. The van der Waals surface area contributed by atoms with Crippen molar-refractivity contribution < 1.29 is 5.11 Å². The van der Waals surface area contributed by atoms with Gasteiger partial charge in [0.2, 0.25) is 5.95 Å². The molecule has 8 nitrogen and oxygen atoms in total. The zero-order valence-electron chi connectivity index (χ0n) is 20.4.